The van der Waals surface area contributed by atoms with Gasteiger partial charge in [0.15, 0.2) is 0 Å². The van der Waals surface area contributed by atoms with Crippen LogP contribution < -0.4 is 4.74 Å². The molecule has 5 heteroatoms. The molecule has 0 saturated heterocycles. The van der Waals surface area contributed by atoms with Crippen LogP contribution in [0.25, 0.3) is 0 Å². The number of aryl methyl sites for hydroxylation is 1. The lowest BCUT2D eigenvalue weighted by atomic mass is 9.99. The van der Waals surface area contributed by atoms with Crippen molar-refractivity contribution in [3.8, 4) is 5.75 Å². The summed E-state index contributed by atoms with van der Waals surface area (Å²) < 4.78 is 7.87. The molecule has 2 heterocycles. The molecule has 1 unspecified atom stereocenters. The molecular formula is C23H27N3O2. The number of benzene rings is 2. The van der Waals surface area contributed by atoms with Gasteiger partial charge in [-0.3, -0.25) is 9.58 Å². The number of aliphatic hydroxyl groups excluding tert-OH is 1. The zero-order valence-corrected chi connectivity index (χ0v) is 16.5. The van der Waals surface area contributed by atoms with E-state index in [0.29, 0.717) is 13.0 Å². The van der Waals surface area contributed by atoms with E-state index in [-0.39, 0.29) is 0 Å². The van der Waals surface area contributed by atoms with Gasteiger partial charge < -0.3 is 9.84 Å². The average Bonchev–Trinajstić information content (AvgIpc) is 2.91. The van der Waals surface area contributed by atoms with Gasteiger partial charge in [-0.05, 0) is 30.2 Å². The first kappa shape index (κ1) is 18.7. The summed E-state index contributed by atoms with van der Waals surface area (Å²) >= 11 is 0. The quantitative estimate of drug-likeness (QED) is 0.740. The smallest absolute Gasteiger partial charge is 0.123 e. The van der Waals surface area contributed by atoms with Crippen LogP contribution >= 0.6 is 0 Å². The molecular weight excluding hydrogens is 350 g/mol. The van der Waals surface area contributed by atoms with Gasteiger partial charge in [0, 0.05) is 49.9 Å². The third kappa shape index (κ3) is 4.11. The minimum absolute atomic E-state index is 0.523. The molecule has 1 aromatic heterocycles. The Kier molecular flexibility index (Phi) is 5.46. The van der Waals surface area contributed by atoms with Crippen LogP contribution in [-0.2, 0) is 26.6 Å². The minimum Gasteiger partial charge on any atom is -0.492 e. The van der Waals surface area contributed by atoms with Crippen molar-refractivity contribution < 1.29 is 9.84 Å². The zero-order valence-electron chi connectivity index (χ0n) is 16.5. The van der Waals surface area contributed by atoms with E-state index in [1.165, 1.54) is 11.3 Å². The molecule has 0 saturated carbocycles. The highest BCUT2D eigenvalue weighted by Gasteiger charge is 2.19. The zero-order chi connectivity index (χ0) is 19.5. The second-order valence-electron chi connectivity index (χ2n) is 7.51. The molecule has 2 aromatic carbocycles. The summed E-state index contributed by atoms with van der Waals surface area (Å²) in [7, 11) is 1.97. The average molecular weight is 377 g/mol. The number of aliphatic hydroxyl groups is 1. The number of rotatable bonds is 5. The molecule has 1 N–H and O–H groups in total. The van der Waals surface area contributed by atoms with Crippen molar-refractivity contribution in [2.75, 3.05) is 13.2 Å². The van der Waals surface area contributed by atoms with Crippen LogP contribution in [0.5, 0.6) is 5.75 Å². The van der Waals surface area contributed by atoms with Gasteiger partial charge in [-0.1, -0.05) is 36.4 Å². The van der Waals surface area contributed by atoms with Gasteiger partial charge in [0.25, 0.3) is 0 Å². The third-order valence-corrected chi connectivity index (χ3v) is 5.53. The lowest BCUT2D eigenvalue weighted by molar-refractivity contribution is 0.178. The van der Waals surface area contributed by atoms with E-state index in [1.807, 2.05) is 60.4 Å². The first-order valence-corrected chi connectivity index (χ1v) is 9.77. The Bertz CT molecular complexity index is 936. The Morgan fingerprint density at radius 3 is 2.75 bits per heavy atom. The van der Waals surface area contributed by atoms with Crippen molar-refractivity contribution in [3.05, 3.63) is 82.7 Å². The topological polar surface area (TPSA) is 50.5 Å². The molecule has 5 nitrogen and oxygen atoms in total. The largest absolute Gasteiger partial charge is 0.492 e. The van der Waals surface area contributed by atoms with E-state index in [9.17, 15) is 5.11 Å². The Morgan fingerprint density at radius 2 is 2.00 bits per heavy atom. The molecule has 1 aliphatic rings. The predicted molar refractivity (Wildman–Crippen MR) is 109 cm³/mol. The standard InChI is InChI=1S/C23H27N3O2/c1-17-21(14-24-25(17)2)16-26-10-11-28-23-9-8-19(13-20(23)15-26)22(27)12-18-6-4-3-5-7-18/h3-9,13-14,22,27H,10-12,15-16H2,1-2H3. The van der Waals surface area contributed by atoms with Crippen LogP contribution in [0.1, 0.15) is 34.1 Å². The molecule has 1 aliphatic heterocycles. The maximum absolute atomic E-state index is 10.7. The molecule has 3 aromatic rings. The molecule has 0 spiro atoms. The number of aromatic nitrogens is 2. The summed E-state index contributed by atoms with van der Waals surface area (Å²) in [5.74, 6) is 0.918. The SMILES string of the molecule is Cc1c(CN2CCOc3ccc(C(O)Cc4ccccc4)cc3C2)cnn1C. The predicted octanol–water partition coefficient (Wildman–Crippen LogP) is 3.40. The molecule has 4 rings (SSSR count). The summed E-state index contributed by atoms with van der Waals surface area (Å²) in [6.07, 6.45) is 2.03. The van der Waals surface area contributed by atoms with E-state index < -0.39 is 6.10 Å². The number of ether oxygens (including phenoxy) is 1. The molecule has 0 bridgehead atoms. The lowest BCUT2D eigenvalue weighted by Crippen LogP contribution is -2.25. The maximum atomic E-state index is 10.7. The summed E-state index contributed by atoms with van der Waals surface area (Å²) in [4.78, 5) is 2.38. The summed E-state index contributed by atoms with van der Waals surface area (Å²) in [5, 5.41) is 15.1. The fraction of sp³-hybridized carbons (Fsp3) is 0.348. The first-order valence-electron chi connectivity index (χ1n) is 9.77. The van der Waals surface area contributed by atoms with Crippen LogP contribution in [0.3, 0.4) is 0 Å². The Balaban J connectivity index is 1.51. The molecule has 146 valence electrons. The van der Waals surface area contributed by atoms with E-state index in [4.69, 9.17) is 4.74 Å². The lowest BCUT2D eigenvalue weighted by Gasteiger charge is -2.20. The van der Waals surface area contributed by atoms with Crippen LogP contribution in [-0.4, -0.2) is 32.9 Å². The van der Waals surface area contributed by atoms with Gasteiger partial charge in [-0.15, -0.1) is 0 Å². The van der Waals surface area contributed by atoms with E-state index >= 15 is 0 Å². The van der Waals surface area contributed by atoms with Crippen molar-refractivity contribution in [1.29, 1.82) is 0 Å². The maximum Gasteiger partial charge on any atom is 0.123 e. The molecule has 0 aliphatic carbocycles. The normalized spacial score (nSPS) is 15.5. The Morgan fingerprint density at radius 1 is 1.18 bits per heavy atom. The molecule has 28 heavy (non-hydrogen) atoms. The summed E-state index contributed by atoms with van der Waals surface area (Å²) in [6.45, 7) is 5.28. The van der Waals surface area contributed by atoms with Gasteiger partial charge in [0.1, 0.15) is 12.4 Å². The van der Waals surface area contributed by atoms with E-state index in [2.05, 4.69) is 23.0 Å². The summed E-state index contributed by atoms with van der Waals surface area (Å²) in [6, 6.07) is 16.2. The van der Waals surface area contributed by atoms with Crippen molar-refractivity contribution in [1.82, 2.24) is 14.7 Å². The van der Waals surface area contributed by atoms with Gasteiger partial charge in [-0.2, -0.15) is 5.10 Å². The van der Waals surface area contributed by atoms with Gasteiger partial charge in [-0.25, -0.2) is 0 Å². The highest BCUT2D eigenvalue weighted by molar-refractivity contribution is 5.39. The first-order chi connectivity index (χ1) is 13.6. The second kappa shape index (κ2) is 8.17. The van der Waals surface area contributed by atoms with Crippen LogP contribution in [0, 0.1) is 6.92 Å². The van der Waals surface area contributed by atoms with Crippen LogP contribution in [0.15, 0.2) is 54.7 Å². The van der Waals surface area contributed by atoms with Gasteiger partial charge in [0.05, 0.1) is 12.3 Å². The fourth-order valence-electron chi connectivity index (χ4n) is 3.71. The Labute approximate surface area is 166 Å². The number of hydrogen-bond acceptors (Lipinski definition) is 4. The van der Waals surface area contributed by atoms with Crippen molar-refractivity contribution in [3.63, 3.8) is 0 Å². The van der Waals surface area contributed by atoms with E-state index in [1.54, 1.807) is 0 Å². The molecule has 1 atom stereocenters. The fourth-order valence-corrected chi connectivity index (χ4v) is 3.71. The third-order valence-electron chi connectivity index (χ3n) is 5.53. The van der Waals surface area contributed by atoms with Crippen LogP contribution in [0.4, 0.5) is 0 Å². The number of hydrogen-bond donors (Lipinski definition) is 1. The highest BCUT2D eigenvalue weighted by Crippen LogP contribution is 2.29. The Hall–Kier alpha value is -2.63. The number of nitrogens with zero attached hydrogens (tertiary/aromatic N) is 3. The van der Waals surface area contributed by atoms with Crippen molar-refractivity contribution in [2.45, 2.75) is 32.5 Å². The van der Waals surface area contributed by atoms with Gasteiger partial charge >= 0.3 is 0 Å². The van der Waals surface area contributed by atoms with E-state index in [0.717, 1.165) is 42.1 Å². The molecule has 0 radical (unpaired) electrons. The van der Waals surface area contributed by atoms with Crippen LogP contribution in [0.2, 0.25) is 0 Å². The molecule has 0 fully saturated rings. The number of fused-ring (bicyclic) bond motifs is 1. The minimum atomic E-state index is -0.523. The monoisotopic (exact) mass is 377 g/mol. The summed E-state index contributed by atoms with van der Waals surface area (Å²) in [5.41, 5.74) is 5.63. The second-order valence-corrected chi connectivity index (χ2v) is 7.51. The van der Waals surface area contributed by atoms with Crippen molar-refractivity contribution in [2.24, 2.45) is 7.05 Å². The van der Waals surface area contributed by atoms with Crippen molar-refractivity contribution >= 4 is 0 Å². The van der Waals surface area contributed by atoms with Gasteiger partial charge in [0.2, 0.25) is 0 Å². The highest BCUT2D eigenvalue weighted by atomic mass is 16.5. The molecule has 0 amide bonds.